The lowest BCUT2D eigenvalue weighted by Crippen LogP contribution is -2.24. The van der Waals surface area contributed by atoms with E-state index in [9.17, 15) is 4.79 Å². The largest absolute Gasteiger partial charge is 0.352 e. The number of hydrogen-bond acceptors (Lipinski definition) is 5. The Morgan fingerprint density at radius 2 is 2.00 bits per heavy atom. The predicted octanol–water partition coefficient (Wildman–Crippen LogP) is 4.45. The van der Waals surface area contributed by atoms with Crippen molar-refractivity contribution in [3.8, 4) is 16.9 Å². The molecule has 0 aliphatic heterocycles. The lowest BCUT2D eigenvalue weighted by Gasteiger charge is -2.05. The molecule has 4 rings (SSSR count). The van der Waals surface area contributed by atoms with Crippen molar-refractivity contribution in [2.45, 2.75) is 26.2 Å². The minimum Gasteiger partial charge on any atom is -0.352 e. The van der Waals surface area contributed by atoms with Gasteiger partial charge in [-0.2, -0.15) is 5.10 Å². The molecule has 7 heteroatoms. The summed E-state index contributed by atoms with van der Waals surface area (Å²) in [6, 6.07) is 13.5. The van der Waals surface area contributed by atoms with Gasteiger partial charge in [0.2, 0.25) is 0 Å². The van der Waals surface area contributed by atoms with Crippen LogP contribution < -0.4 is 5.32 Å². The van der Waals surface area contributed by atoms with Gasteiger partial charge in [-0.25, -0.2) is 9.67 Å². The third-order valence-electron chi connectivity index (χ3n) is 4.68. The number of benzene rings is 1. The van der Waals surface area contributed by atoms with E-state index in [4.69, 9.17) is 0 Å². The molecule has 0 aliphatic carbocycles. The Balaban J connectivity index is 1.45. The Morgan fingerprint density at radius 1 is 1.13 bits per heavy atom. The molecule has 0 saturated carbocycles. The van der Waals surface area contributed by atoms with Crippen molar-refractivity contribution >= 4 is 17.2 Å². The summed E-state index contributed by atoms with van der Waals surface area (Å²) in [6.45, 7) is 2.63. The smallest absolute Gasteiger partial charge is 0.255 e. The van der Waals surface area contributed by atoms with Crippen LogP contribution in [-0.2, 0) is 6.42 Å². The number of rotatable bonds is 8. The first-order chi connectivity index (χ1) is 14.7. The zero-order chi connectivity index (χ0) is 20.8. The third kappa shape index (κ3) is 4.80. The number of nitrogens with one attached hydrogen (secondary N) is 1. The van der Waals surface area contributed by atoms with E-state index in [-0.39, 0.29) is 5.91 Å². The van der Waals surface area contributed by atoms with E-state index in [0.717, 1.165) is 41.2 Å². The zero-order valence-corrected chi connectivity index (χ0v) is 17.6. The fourth-order valence-corrected chi connectivity index (χ4v) is 4.00. The highest BCUT2D eigenvalue weighted by Crippen LogP contribution is 2.23. The number of aryl methyl sites for hydroxylation is 2. The third-order valence-corrected chi connectivity index (χ3v) is 5.71. The van der Waals surface area contributed by atoms with Gasteiger partial charge in [-0.05, 0) is 50.5 Å². The molecular formula is C23H23N5OS. The highest BCUT2D eigenvalue weighted by molar-refractivity contribution is 7.09. The highest BCUT2D eigenvalue weighted by atomic mass is 32.1. The molecule has 1 amide bonds. The number of nitrogens with zero attached hydrogens (tertiary/aromatic N) is 4. The molecule has 0 bridgehead atoms. The average molecular weight is 418 g/mol. The molecule has 0 aliphatic rings. The second-order valence-corrected chi connectivity index (χ2v) is 7.95. The maximum absolute atomic E-state index is 12.9. The second kappa shape index (κ2) is 9.45. The van der Waals surface area contributed by atoms with Crippen LogP contribution in [0.4, 0.5) is 0 Å². The molecule has 0 spiro atoms. The van der Waals surface area contributed by atoms with Crippen molar-refractivity contribution in [3.63, 3.8) is 0 Å². The summed E-state index contributed by atoms with van der Waals surface area (Å²) in [7, 11) is 0. The quantitative estimate of drug-likeness (QED) is 0.430. The Kier molecular flexibility index (Phi) is 6.29. The number of thiazole rings is 1. The van der Waals surface area contributed by atoms with Crippen LogP contribution in [0.3, 0.4) is 0 Å². The van der Waals surface area contributed by atoms with Gasteiger partial charge in [-0.1, -0.05) is 18.2 Å². The van der Waals surface area contributed by atoms with E-state index < -0.39 is 0 Å². The van der Waals surface area contributed by atoms with Crippen LogP contribution in [0.25, 0.3) is 16.9 Å². The number of para-hydroxylation sites is 1. The van der Waals surface area contributed by atoms with Crippen LogP contribution in [0.5, 0.6) is 0 Å². The topological polar surface area (TPSA) is 72.7 Å². The van der Waals surface area contributed by atoms with Crippen molar-refractivity contribution in [3.05, 3.63) is 82.7 Å². The van der Waals surface area contributed by atoms with Crippen LogP contribution >= 0.6 is 11.3 Å². The molecular weight excluding hydrogens is 394 g/mol. The summed E-state index contributed by atoms with van der Waals surface area (Å²) in [5.74, 6) is -0.124. The molecule has 0 radical (unpaired) electrons. The Morgan fingerprint density at radius 3 is 2.73 bits per heavy atom. The van der Waals surface area contributed by atoms with Crippen LogP contribution in [-0.4, -0.2) is 32.2 Å². The van der Waals surface area contributed by atoms with Gasteiger partial charge in [0.25, 0.3) is 5.91 Å². The summed E-state index contributed by atoms with van der Waals surface area (Å²) in [6.07, 6.45) is 8.06. The normalized spacial score (nSPS) is 10.8. The molecule has 0 atom stereocenters. The summed E-state index contributed by atoms with van der Waals surface area (Å²) >= 11 is 1.70. The molecule has 3 heterocycles. The minimum absolute atomic E-state index is 0.124. The Hall–Kier alpha value is -3.32. The van der Waals surface area contributed by atoms with Crippen molar-refractivity contribution in [2.24, 2.45) is 0 Å². The number of carbonyl (C=O) groups is 1. The van der Waals surface area contributed by atoms with Gasteiger partial charge < -0.3 is 5.32 Å². The molecule has 4 aromatic rings. The molecule has 1 aromatic carbocycles. The average Bonchev–Trinajstić information content (AvgIpc) is 3.41. The highest BCUT2D eigenvalue weighted by Gasteiger charge is 2.18. The van der Waals surface area contributed by atoms with Gasteiger partial charge >= 0.3 is 0 Å². The van der Waals surface area contributed by atoms with Crippen molar-refractivity contribution in [2.75, 3.05) is 6.54 Å². The van der Waals surface area contributed by atoms with Gasteiger partial charge in [0.1, 0.15) is 5.69 Å². The maximum atomic E-state index is 12.9. The lowest BCUT2D eigenvalue weighted by molar-refractivity contribution is 0.0953. The van der Waals surface area contributed by atoms with E-state index in [1.54, 1.807) is 34.6 Å². The molecule has 1 N–H and O–H groups in total. The standard InChI is InChI=1S/C23H23N5OS/c1-17-16-30-21(26-17)11-5-6-13-25-23(29)20-15-28(19-9-3-2-4-10-19)27-22(20)18-8-7-12-24-14-18/h2-4,7-10,12,14-16H,5-6,11,13H2,1H3,(H,25,29). The van der Waals surface area contributed by atoms with Gasteiger partial charge in [0.05, 0.1) is 16.3 Å². The van der Waals surface area contributed by atoms with E-state index >= 15 is 0 Å². The number of pyridine rings is 1. The van der Waals surface area contributed by atoms with E-state index in [1.807, 2.05) is 49.4 Å². The molecule has 0 saturated heterocycles. The first-order valence-corrected chi connectivity index (χ1v) is 10.8. The monoisotopic (exact) mass is 417 g/mol. The number of aromatic nitrogens is 4. The molecule has 0 fully saturated rings. The number of amides is 1. The Labute approximate surface area is 179 Å². The van der Waals surface area contributed by atoms with E-state index in [1.165, 1.54) is 0 Å². The SMILES string of the molecule is Cc1csc(CCCCNC(=O)c2cn(-c3ccccc3)nc2-c2cccnc2)n1. The van der Waals surface area contributed by atoms with Crippen molar-refractivity contribution < 1.29 is 4.79 Å². The molecule has 6 nitrogen and oxygen atoms in total. The summed E-state index contributed by atoms with van der Waals surface area (Å²) in [5.41, 5.74) is 3.96. The molecule has 152 valence electrons. The molecule has 3 aromatic heterocycles. The van der Waals surface area contributed by atoms with Crippen LogP contribution in [0.2, 0.25) is 0 Å². The van der Waals surface area contributed by atoms with E-state index in [0.29, 0.717) is 17.8 Å². The summed E-state index contributed by atoms with van der Waals surface area (Å²) in [5, 5.41) is 10.9. The number of unbranched alkanes of at least 4 members (excludes halogenated alkanes) is 1. The van der Waals surface area contributed by atoms with Gasteiger partial charge in [-0.15, -0.1) is 11.3 Å². The maximum Gasteiger partial charge on any atom is 0.255 e. The van der Waals surface area contributed by atoms with E-state index in [2.05, 4.69) is 25.8 Å². The Bertz CT molecular complexity index is 1110. The zero-order valence-electron chi connectivity index (χ0n) is 16.8. The first kappa shape index (κ1) is 20.0. The fraction of sp³-hybridized carbons (Fsp3) is 0.217. The predicted molar refractivity (Wildman–Crippen MR) is 119 cm³/mol. The first-order valence-electron chi connectivity index (χ1n) is 9.95. The summed E-state index contributed by atoms with van der Waals surface area (Å²) < 4.78 is 1.74. The minimum atomic E-state index is -0.124. The number of carbonyl (C=O) groups excluding carboxylic acids is 1. The van der Waals surface area contributed by atoms with Gasteiger partial charge in [0.15, 0.2) is 0 Å². The fourth-order valence-electron chi connectivity index (χ4n) is 3.19. The lowest BCUT2D eigenvalue weighted by atomic mass is 10.1. The van der Waals surface area contributed by atoms with Gasteiger partial charge in [0, 0.05) is 41.8 Å². The van der Waals surface area contributed by atoms with Crippen LogP contribution in [0.15, 0.2) is 66.4 Å². The van der Waals surface area contributed by atoms with Crippen LogP contribution in [0.1, 0.15) is 33.9 Å². The molecule has 30 heavy (non-hydrogen) atoms. The van der Waals surface area contributed by atoms with Crippen molar-refractivity contribution in [1.82, 2.24) is 25.1 Å². The second-order valence-electron chi connectivity index (χ2n) is 7.01. The number of hydrogen-bond donors (Lipinski definition) is 1. The molecule has 0 unspecified atom stereocenters. The van der Waals surface area contributed by atoms with Gasteiger partial charge in [-0.3, -0.25) is 9.78 Å². The van der Waals surface area contributed by atoms with Crippen molar-refractivity contribution in [1.29, 1.82) is 0 Å². The summed E-state index contributed by atoms with van der Waals surface area (Å²) in [4.78, 5) is 21.6. The van der Waals surface area contributed by atoms with Crippen LogP contribution in [0, 0.1) is 6.92 Å².